The molecule has 0 aromatic heterocycles. The van der Waals surface area contributed by atoms with Crippen molar-refractivity contribution in [3.8, 4) is 0 Å². The van der Waals surface area contributed by atoms with Crippen LogP contribution in [0.15, 0.2) is 42.5 Å². The van der Waals surface area contributed by atoms with Crippen LogP contribution in [0.3, 0.4) is 0 Å². The van der Waals surface area contributed by atoms with E-state index in [0.29, 0.717) is 21.7 Å². The summed E-state index contributed by atoms with van der Waals surface area (Å²) in [5.41, 5.74) is 7.05. The molecule has 0 unspecified atom stereocenters. The van der Waals surface area contributed by atoms with Gasteiger partial charge in [0.15, 0.2) is 0 Å². The van der Waals surface area contributed by atoms with E-state index < -0.39 is 5.66 Å². The van der Waals surface area contributed by atoms with Gasteiger partial charge in [-0.25, -0.2) is 15.3 Å². The summed E-state index contributed by atoms with van der Waals surface area (Å²) in [7, 11) is 1.72. The van der Waals surface area contributed by atoms with Crippen LogP contribution in [0.4, 0.5) is 11.4 Å². The molecule has 0 saturated carbocycles. The topological polar surface area (TPSA) is 98.3 Å². The predicted octanol–water partition coefficient (Wildman–Crippen LogP) is -1.33. The molecule has 0 saturated heterocycles. The predicted molar refractivity (Wildman–Crippen MR) is 101 cm³/mol. The molecule has 0 bridgehead atoms. The van der Waals surface area contributed by atoms with Gasteiger partial charge in [0.2, 0.25) is 0 Å². The van der Waals surface area contributed by atoms with Gasteiger partial charge in [0.25, 0.3) is 0 Å². The van der Waals surface area contributed by atoms with Crippen molar-refractivity contribution < 1.29 is 14.8 Å². The van der Waals surface area contributed by atoms with Crippen molar-refractivity contribution in [3.63, 3.8) is 0 Å². The van der Waals surface area contributed by atoms with E-state index in [-0.39, 0.29) is 11.9 Å². The Labute approximate surface area is 159 Å². The van der Waals surface area contributed by atoms with Crippen LogP contribution in [0, 0.1) is 0 Å². The Morgan fingerprint density at radius 1 is 1.15 bits per heavy atom. The second-order valence-electron chi connectivity index (χ2n) is 6.08. The number of nitrogens with one attached hydrogen (secondary N) is 4. The molecule has 2 heterocycles. The summed E-state index contributed by atoms with van der Waals surface area (Å²) in [6.07, 6.45) is 0. The molecule has 7 nitrogen and oxygen atoms in total. The lowest BCUT2D eigenvalue weighted by Gasteiger charge is -2.22. The standard InChI is InChI=1S/C17H14Cl2N6O/c1-25-13-5-3-2-4-12(13)17(14(25)26)23-15(20)22-16(24-17)21-11-7-9(18)6-10(19)8-11/h2-8H,1H3,(H4,20,21,22,23,24)/p+2/t17-/m0/s1. The first-order valence-electron chi connectivity index (χ1n) is 7.82. The molecule has 1 atom stereocenters. The van der Waals surface area contributed by atoms with E-state index in [4.69, 9.17) is 28.9 Å². The number of benzene rings is 2. The van der Waals surface area contributed by atoms with Crippen LogP contribution in [0.25, 0.3) is 0 Å². The largest absolute Gasteiger partial charge is 0.361 e. The van der Waals surface area contributed by atoms with Gasteiger partial charge in [-0.15, -0.1) is 0 Å². The van der Waals surface area contributed by atoms with E-state index in [0.717, 1.165) is 11.3 Å². The van der Waals surface area contributed by atoms with Crippen LogP contribution >= 0.6 is 23.2 Å². The summed E-state index contributed by atoms with van der Waals surface area (Å²) in [4.78, 5) is 20.8. The molecule has 2 aromatic carbocycles. The van der Waals surface area contributed by atoms with Gasteiger partial charge in [-0.3, -0.25) is 10.5 Å². The smallest absolute Gasteiger partial charge is 0.308 e. The molecule has 132 valence electrons. The van der Waals surface area contributed by atoms with Gasteiger partial charge < -0.3 is 4.90 Å². The normalized spacial score (nSPS) is 21.2. The van der Waals surface area contributed by atoms with Crippen molar-refractivity contribution in [1.29, 1.82) is 0 Å². The van der Waals surface area contributed by atoms with Gasteiger partial charge in [0.1, 0.15) is 5.69 Å². The van der Waals surface area contributed by atoms with Gasteiger partial charge >= 0.3 is 23.5 Å². The quantitative estimate of drug-likeness (QED) is 0.416. The van der Waals surface area contributed by atoms with E-state index in [2.05, 4.69) is 20.6 Å². The number of carbonyl (C=O) groups is 1. The lowest BCUT2D eigenvalue weighted by Crippen LogP contribution is -3.14. The summed E-state index contributed by atoms with van der Waals surface area (Å²) in [5, 5.41) is 7.04. The molecule has 2 aliphatic heterocycles. The first kappa shape index (κ1) is 16.7. The number of amides is 1. The number of fused-ring (bicyclic) bond motifs is 2. The minimum Gasteiger partial charge on any atom is -0.308 e. The van der Waals surface area contributed by atoms with Crippen LogP contribution in [-0.2, 0) is 10.5 Å². The van der Waals surface area contributed by atoms with Crippen molar-refractivity contribution in [2.45, 2.75) is 5.66 Å². The summed E-state index contributed by atoms with van der Waals surface area (Å²) in [6, 6.07) is 12.6. The fourth-order valence-electron chi connectivity index (χ4n) is 3.25. The third kappa shape index (κ3) is 2.56. The Hall–Kier alpha value is -2.77. The Kier molecular flexibility index (Phi) is 3.78. The van der Waals surface area contributed by atoms with Crippen LogP contribution in [-0.4, -0.2) is 24.9 Å². The number of likely N-dealkylation sites (N-methyl/N-ethyl adjacent to an activating group) is 1. The molecule has 6 N–H and O–H groups in total. The number of rotatable bonds is 1. The highest BCUT2D eigenvalue weighted by atomic mass is 35.5. The minimum absolute atomic E-state index is 0.174. The van der Waals surface area contributed by atoms with Crippen LogP contribution in [0.2, 0.25) is 10.0 Å². The molecular formula is C17H16Cl2N6O+2. The minimum atomic E-state index is -1.20. The molecule has 1 amide bonds. The number of halogens is 2. The van der Waals surface area contributed by atoms with E-state index in [1.807, 2.05) is 24.3 Å². The number of hydrogen-bond acceptors (Lipinski definition) is 4. The molecule has 0 fully saturated rings. The molecule has 0 aliphatic carbocycles. The van der Waals surface area contributed by atoms with Crippen LogP contribution < -0.4 is 31.3 Å². The molecule has 2 aromatic rings. The maximum atomic E-state index is 13.0. The second-order valence-corrected chi connectivity index (χ2v) is 6.95. The third-order valence-corrected chi connectivity index (χ3v) is 4.76. The highest BCUT2D eigenvalue weighted by Crippen LogP contribution is 2.32. The number of nitrogens with zero attached hydrogens (tertiary/aromatic N) is 1. The Morgan fingerprint density at radius 3 is 2.58 bits per heavy atom. The maximum Gasteiger partial charge on any atom is 0.361 e. The summed E-state index contributed by atoms with van der Waals surface area (Å²) >= 11 is 12.1. The number of anilines is 2. The van der Waals surface area contributed by atoms with Gasteiger partial charge in [0, 0.05) is 17.1 Å². The zero-order chi connectivity index (χ0) is 18.5. The van der Waals surface area contributed by atoms with Crippen LogP contribution in [0.1, 0.15) is 5.56 Å². The van der Waals surface area contributed by atoms with E-state index >= 15 is 0 Å². The second kappa shape index (κ2) is 5.89. The van der Waals surface area contributed by atoms with Gasteiger partial charge in [-0.05, 0) is 30.3 Å². The number of guanidine groups is 2. The van der Waals surface area contributed by atoms with E-state index in [9.17, 15) is 4.79 Å². The van der Waals surface area contributed by atoms with Crippen LogP contribution in [0.5, 0.6) is 0 Å². The zero-order valence-corrected chi connectivity index (χ0v) is 15.2. The Morgan fingerprint density at radius 2 is 1.85 bits per heavy atom. The van der Waals surface area contributed by atoms with Crippen molar-refractivity contribution in [2.24, 2.45) is 5.73 Å². The molecular weight excluding hydrogens is 375 g/mol. The molecule has 0 radical (unpaired) electrons. The number of nitrogens with two attached hydrogens (primary N) is 1. The van der Waals surface area contributed by atoms with Gasteiger partial charge in [-0.2, -0.15) is 5.32 Å². The van der Waals surface area contributed by atoms with Crippen molar-refractivity contribution >= 4 is 52.4 Å². The highest BCUT2D eigenvalue weighted by molar-refractivity contribution is 6.35. The van der Waals surface area contributed by atoms with Crippen molar-refractivity contribution in [2.75, 3.05) is 17.3 Å². The van der Waals surface area contributed by atoms with Gasteiger partial charge in [-0.1, -0.05) is 35.3 Å². The molecule has 4 rings (SSSR count). The molecule has 26 heavy (non-hydrogen) atoms. The van der Waals surface area contributed by atoms with Gasteiger partial charge in [0.05, 0.1) is 11.3 Å². The van der Waals surface area contributed by atoms with E-state index in [1.54, 1.807) is 30.1 Å². The SMILES string of the molecule is CN1C(=O)[C@]2([NH+]=C(N)NC(Nc3cc(Cl)cc(Cl)c3)=[NH+]2)c2ccccc21. The lowest BCUT2D eigenvalue weighted by atomic mass is 10.0. The third-order valence-electron chi connectivity index (χ3n) is 4.32. The number of para-hydroxylation sites is 1. The average Bonchev–Trinajstić information content (AvgIpc) is 2.76. The Bertz CT molecular complexity index is 969. The maximum absolute atomic E-state index is 13.0. The fraction of sp³-hybridized carbons (Fsp3) is 0.118. The lowest BCUT2D eigenvalue weighted by molar-refractivity contribution is -0.789. The van der Waals surface area contributed by atoms with E-state index in [1.165, 1.54) is 0 Å². The zero-order valence-electron chi connectivity index (χ0n) is 13.7. The first-order chi connectivity index (χ1) is 12.4. The summed E-state index contributed by atoms with van der Waals surface area (Å²) in [5.74, 6) is 0.488. The first-order valence-corrected chi connectivity index (χ1v) is 8.58. The van der Waals surface area contributed by atoms with Crippen molar-refractivity contribution in [3.05, 3.63) is 58.1 Å². The fourth-order valence-corrected chi connectivity index (χ4v) is 3.78. The van der Waals surface area contributed by atoms with Crippen molar-refractivity contribution in [1.82, 2.24) is 5.32 Å². The summed E-state index contributed by atoms with van der Waals surface area (Å²) in [6.45, 7) is 0. The molecule has 1 spiro atoms. The number of carbonyl (C=O) groups excluding carboxylic acids is 1. The Balaban J connectivity index is 1.80. The number of hydrogen-bond donors (Lipinski definition) is 5. The summed E-state index contributed by atoms with van der Waals surface area (Å²) < 4.78 is 0. The highest BCUT2D eigenvalue weighted by Gasteiger charge is 2.55. The molecule has 2 aliphatic rings. The monoisotopic (exact) mass is 390 g/mol. The molecule has 9 heteroatoms. The average molecular weight is 391 g/mol.